The molecule has 4 N–H and O–H groups in total. The Kier molecular flexibility index (Phi) is 10.3. The summed E-state index contributed by atoms with van der Waals surface area (Å²) in [6.07, 6.45) is 5.62. The standard InChI is InChI=1S/C12H28N2O/c1-3-7-11(2)12(10-13)14-8-5-4-6-9-15/h11-12,14-15H,3-10,13H2,1-2H3. The SMILES string of the molecule is CCCC(C)C(CN)NCCCCCO. The third-order valence-corrected chi connectivity index (χ3v) is 2.93. The molecule has 0 aromatic carbocycles. The predicted molar refractivity (Wildman–Crippen MR) is 65.9 cm³/mol. The first kappa shape index (κ1) is 14.9. The molecule has 15 heavy (non-hydrogen) atoms. The van der Waals surface area contributed by atoms with Crippen LogP contribution in [0.5, 0.6) is 0 Å². The highest BCUT2D eigenvalue weighted by Crippen LogP contribution is 2.09. The fraction of sp³-hybridized carbons (Fsp3) is 1.00. The molecule has 92 valence electrons. The van der Waals surface area contributed by atoms with Crippen LogP contribution in [0.15, 0.2) is 0 Å². The van der Waals surface area contributed by atoms with Crippen LogP contribution in [0.25, 0.3) is 0 Å². The van der Waals surface area contributed by atoms with Crippen LogP contribution in [0.1, 0.15) is 46.0 Å². The van der Waals surface area contributed by atoms with E-state index in [0.717, 1.165) is 32.4 Å². The molecule has 0 rings (SSSR count). The Hall–Kier alpha value is -0.120. The smallest absolute Gasteiger partial charge is 0.0431 e. The Bertz CT molecular complexity index is 131. The van der Waals surface area contributed by atoms with E-state index >= 15 is 0 Å². The highest BCUT2D eigenvalue weighted by atomic mass is 16.2. The quantitative estimate of drug-likeness (QED) is 0.485. The van der Waals surface area contributed by atoms with Crippen molar-refractivity contribution in [1.29, 1.82) is 0 Å². The maximum Gasteiger partial charge on any atom is 0.0431 e. The van der Waals surface area contributed by atoms with Crippen molar-refractivity contribution >= 4 is 0 Å². The van der Waals surface area contributed by atoms with E-state index < -0.39 is 0 Å². The largest absolute Gasteiger partial charge is 0.396 e. The maximum atomic E-state index is 8.64. The van der Waals surface area contributed by atoms with Gasteiger partial charge in [0.15, 0.2) is 0 Å². The molecule has 0 fully saturated rings. The minimum absolute atomic E-state index is 0.312. The number of nitrogens with one attached hydrogen (secondary N) is 1. The second-order valence-corrected chi connectivity index (χ2v) is 4.35. The van der Waals surface area contributed by atoms with E-state index in [0.29, 0.717) is 18.6 Å². The van der Waals surface area contributed by atoms with E-state index in [1.165, 1.54) is 12.8 Å². The van der Waals surface area contributed by atoms with Crippen LogP contribution in [0.2, 0.25) is 0 Å². The van der Waals surface area contributed by atoms with Crippen molar-refractivity contribution in [1.82, 2.24) is 5.32 Å². The molecule has 3 heteroatoms. The average molecular weight is 216 g/mol. The lowest BCUT2D eigenvalue weighted by Gasteiger charge is -2.23. The number of hydrogen-bond acceptors (Lipinski definition) is 3. The summed E-state index contributed by atoms with van der Waals surface area (Å²) < 4.78 is 0. The second kappa shape index (κ2) is 10.4. The van der Waals surface area contributed by atoms with Gasteiger partial charge in [-0.05, 0) is 38.1 Å². The van der Waals surface area contributed by atoms with Gasteiger partial charge in [-0.25, -0.2) is 0 Å². The molecule has 0 spiro atoms. The van der Waals surface area contributed by atoms with Crippen LogP contribution in [0.4, 0.5) is 0 Å². The summed E-state index contributed by atoms with van der Waals surface area (Å²) >= 11 is 0. The lowest BCUT2D eigenvalue weighted by molar-refractivity contribution is 0.281. The summed E-state index contributed by atoms with van der Waals surface area (Å²) in [7, 11) is 0. The van der Waals surface area contributed by atoms with Crippen molar-refractivity contribution in [2.45, 2.75) is 52.0 Å². The molecule has 2 unspecified atom stereocenters. The Morgan fingerprint density at radius 2 is 2.00 bits per heavy atom. The summed E-state index contributed by atoms with van der Waals surface area (Å²) in [6.45, 7) is 6.54. The molecule has 3 nitrogen and oxygen atoms in total. The van der Waals surface area contributed by atoms with E-state index in [1.54, 1.807) is 0 Å². The molecule has 0 aromatic rings. The van der Waals surface area contributed by atoms with E-state index in [9.17, 15) is 0 Å². The van der Waals surface area contributed by atoms with Crippen molar-refractivity contribution in [3.05, 3.63) is 0 Å². The van der Waals surface area contributed by atoms with Crippen molar-refractivity contribution in [2.75, 3.05) is 19.7 Å². The molecular weight excluding hydrogens is 188 g/mol. The minimum Gasteiger partial charge on any atom is -0.396 e. The summed E-state index contributed by atoms with van der Waals surface area (Å²) in [5.41, 5.74) is 5.74. The van der Waals surface area contributed by atoms with Crippen LogP contribution in [-0.2, 0) is 0 Å². The molecule has 0 aliphatic carbocycles. The first-order chi connectivity index (χ1) is 7.26. The summed E-state index contributed by atoms with van der Waals surface area (Å²) in [6, 6.07) is 0.457. The predicted octanol–water partition coefficient (Wildman–Crippen LogP) is 1.50. The monoisotopic (exact) mass is 216 g/mol. The van der Waals surface area contributed by atoms with Crippen molar-refractivity contribution < 1.29 is 5.11 Å². The van der Waals surface area contributed by atoms with Gasteiger partial charge in [-0.15, -0.1) is 0 Å². The normalized spacial score (nSPS) is 15.2. The van der Waals surface area contributed by atoms with Gasteiger partial charge in [0.2, 0.25) is 0 Å². The van der Waals surface area contributed by atoms with Gasteiger partial charge in [0.1, 0.15) is 0 Å². The molecule has 0 radical (unpaired) electrons. The third kappa shape index (κ3) is 7.77. The Morgan fingerprint density at radius 1 is 1.27 bits per heavy atom. The van der Waals surface area contributed by atoms with Gasteiger partial charge in [0.25, 0.3) is 0 Å². The molecular formula is C12H28N2O. The number of nitrogens with two attached hydrogens (primary N) is 1. The number of aliphatic hydroxyl groups excluding tert-OH is 1. The zero-order chi connectivity index (χ0) is 11.5. The van der Waals surface area contributed by atoms with Gasteiger partial charge < -0.3 is 16.2 Å². The van der Waals surface area contributed by atoms with Crippen LogP contribution in [-0.4, -0.2) is 30.8 Å². The fourth-order valence-electron chi connectivity index (χ4n) is 1.87. The van der Waals surface area contributed by atoms with Gasteiger partial charge in [-0.3, -0.25) is 0 Å². The van der Waals surface area contributed by atoms with Crippen molar-refractivity contribution in [2.24, 2.45) is 11.7 Å². The van der Waals surface area contributed by atoms with Gasteiger partial charge in [-0.1, -0.05) is 20.3 Å². The Labute approximate surface area is 94.4 Å². The van der Waals surface area contributed by atoms with Gasteiger partial charge >= 0.3 is 0 Å². The van der Waals surface area contributed by atoms with Crippen molar-refractivity contribution in [3.8, 4) is 0 Å². The Balaban J connectivity index is 3.51. The molecule has 0 aliphatic rings. The van der Waals surface area contributed by atoms with Crippen LogP contribution in [0.3, 0.4) is 0 Å². The number of rotatable bonds is 10. The number of unbranched alkanes of at least 4 members (excludes halogenated alkanes) is 2. The van der Waals surface area contributed by atoms with E-state index in [4.69, 9.17) is 10.8 Å². The average Bonchev–Trinajstić information content (AvgIpc) is 2.23. The zero-order valence-corrected chi connectivity index (χ0v) is 10.3. The maximum absolute atomic E-state index is 8.64. The van der Waals surface area contributed by atoms with E-state index in [2.05, 4.69) is 19.2 Å². The summed E-state index contributed by atoms with van der Waals surface area (Å²) in [5.74, 6) is 0.665. The minimum atomic E-state index is 0.312. The first-order valence-corrected chi connectivity index (χ1v) is 6.30. The number of hydrogen-bond donors (Lipinski definition) is 3. The molecule has 2 atom stereocenters. The molecule has 0 saturated heterocycles. The van der Waals surface area contributed by atoms with Crippen LogP contribution >= 0.6 is 0 Å². The molecule has 0 heterocycles. The lowest BCUT2D eigenvalue weighted by Crippen LogP contribution is -2.41. The van der Waals surface area contributed by atoms with Crippen LogP contribution < -0.4 is 11.1 Å². The fourth-order valence-corrected chi connectivity index (χ4v) is 1.87. The van der Waals surface area contributed by atoms with Gasteiger partial charge in [0.05, 0.1) is 0 Å². The summed E-state index contributed by atoms with van der Waals surface area (Å²) in [5, 5.41) is 12.1. The summed E-state index contributed by atoms with van der Waals surface area (Å²) in [4.78, 5) is 0. The Morgan fingerprint density at radius 3 is 2.53 bits per heavy atom. The first-order valence-electron chi connectivity index (χ1n) is 6.30. The van der Waals surface area contributed by atoms with E-state index in [1.807, 2.05) is 0 Å². The molecule has 0 bridgehead atoms. The highest BCUT2D eigenvalue weighted by molar-refractivity contribution is 4.73. The molecule has 0 aliphatic heterocycles. The molecule has 0 aromatic heterocycles. The topological polar surface area (TPSA) is 58.3 Å². The van der Waals surface area contributed by atoms with Gasteiger partial charge in [-0.2, -0.15) is 0 Å². The molecule has 0 saturated carbocycles. The molecule has 0 amide bonds. The lowest BCUT2D eigenvalue weighted by atomic mass is 9.97. The highest BCUT2D eigenvalue weighted by Gasteiger charge is 2.13. The zero-order valence-electron chi connectivity index (χ0n) is 10.3. The van der Waals surface area contributed by atoms with Crippen molar-refractivity contribution in [3.63, 3.8) is 0 Å². The number of aliphatic hydroxyl groups is 1. The third-order valence-electron chi connectivity index (χ3n) is 2.93. The van der Waals surface area contributed by atoms with Gasteiger partial charge in [0, 0.05) is 19.2 Å². The van der Waals surface area contributed by atoms with Crippen LogP contribution in [0, 0.1) is 5.92 Å². The van der Waals surface area contributed by atoms with E-state index in [-0.39, 0.29) is 0 Å². The second-order valence-electron chi connectivity index (χ2n) is 4.35.